The van der Waals surface area contributed by atoms with Gasteiger partial charge in [-0.1, -0.05) is 0 Å². The van der Waals surface area contributed by atoms with Crippen molar-refractivity contribution < 1.29 is 61.0 Å². The van der Waals surface area contributed by atoms with Gasteiger partial charge in [0.05, 0.1) is 6.29 Å². The molecule has 0 aromatic heterocycles. The molecule has 0 N–H and O–H groups in total. The Morgan fingerprint density at radius 1 is 1.75 bits per heavy atom. The second-order valence-electron chi connectivity index (χ2n) is 1.22. The van der Waals surface area contributed by atoms with Crippen LogP contribution in [0.15, 0.2) is 0 Å². The Labute approximate surface area is 91.4 Å². The summed E-state index contributed by atoms with van der Waals surface area (Å²) >= 11 is 0. The maximum atomic E-state index is 9.99. The van der Waals surface area contributed by atoms with Gasteiger partial charge in [-0.15, -0.1) is 6.42 Å². The number of ketones is 1. The molecule has 0 rings (SSSR count). The monoisotopic (exact) mass is 138 g/mol. The zero-order valence-corrected chi connectivity index (χ0v) is 8.30. The topological polar surface area (TPSA) is 34.1 Å². The molecule has 8 heavy (non-hydrogen) atoms. The molecule has 0 amide bonds. The van der Waals surface area contributed by atoms with Crippen LogP contribution in [0.3, 0.4) is 0 Å². The van der Waals surface area contributed by atoms with E-state index in [9.17, 15) is 9.59 Å². The van der Waals surface area contributed by atoms with Gasteiger partial charge in [-0.25, -0.2) is 0 Å². The summed E-state index contributed by atoms with van der Waals surface area (Å²) in [5, 5.41) is 0. The standard InChI is InChI=1S/C5H7O2.K/c1-5(7)3-2-4-6;/h3-4H,2H2,1H3;/q-1;+1. The fourth-order valence-electron chi connectivity index (χ4n) is 0.214. The summed E-state index contributed by atoms with van der Waals surface area (Å²) in [6.45, 7) is 1.42. The van der Waals surface area contributed by atoms with E-state index in [0.717, 1.165) is 0 Å². The molecule has 0 aliphatic rings. The number of Topliss-reactive ketones (excluding diaryl/α,β-unsaturated/α-hetero) is 1. The van der Waals surface area contributed by atoms with Crippen LogP contribution >= 0.6 is 0 Å². The van der Waals surface area contributed by atoms with E-state index in [2.05, 4.69) is 0 Å². The third-order valence-electron chi connectivity index (χ3n) is 0.502. The first-order chi connectivity index (χ1) is 3.27. The number of hydrogen-bond acceptors (Lipinski definition) is 2. The van der Waals surface area contributed by atoms with Gasteiger partial charge in [-0.3, -0.25) is 0 Å². The Bertz CT molecular complexity index is 80.5. The van der Waals surface area contributed by atoms with E-state index in [1.165, 1.54) is 13.3 Å². The quantitative estimate of drug-likeness (QED) is 0.243. The van der Waals surface area contributed by atoms with Crippen LogP contribution in [0.25, 0.3) is 0 Å². The van der Waals surface area contributed by atoms with E-state index in [1.54, 1.807) is 0 Å². The van der Waals surface area contributed by atoms with E-state index in [0.29, 0.717) is 6.29 Å². The summed E-state index contributed by atoms with van der Waals surface area (Å²) in [5.74, 6) is -0.0490. The third-order valence-corrected chi connectivity index (χ3v) is 0.502. The van der Waals surface area contributed by atoms with Crippen LogP contribution in [0.1, 0.15) is 13.3 Å². The first-order valence-electron chi connectivity index (χ1n) is 2.04. The van der Waals surface area contributed by atoms with Gasteiger partial charge < -0.3 is 16.0 Å². The smallest absolute Gasteiger partial charge is 0.335 e. The SMILES string of the molecule is CC(=O)[CH-]CC=O.[K+]. The normalized spacial score (nSPS) is 6.62. The Kier molecular flexibility index (Phi) is 11.4. The minimum Gasteiger partial charge on any atom is -0.335 e. The zero-order valence-electron chi connectivity index (χ0n) is 5.18. The van der Waals surface area contributed by atoms with E-state index in [4.69, 9.17) is 0 Å². The zero-order chi connectivity index (χ0) is 5.70. The van der Waals surface area contributed by atoms with Crippen LogP contribution in [0.2, 0.25) is 0 Å². The summed E-state index contributed by atoms with van der Waals surface area (Å²) in [5.41, 5.74) is 0. The molecule has 40 valence electrons. The van der Waals surface area contributed by atoms with E-state index in [-0.39, 0.29) is 63.6 Å². The molecule has 0 bridgehead atoms. The predicted molar refractivity (Wildman–Crippen MR) is 25.7 cm³/mol. The molecule has 0 radical (unpaired) electrons. The third kappa shape index (κ3) is 9.96. The Balaban J connectivity index is 0. The molecule has 0 aliphatic heterocycles. The Morgan fingerprint density at radius 3 is 2.38 bits per heavy atom. The van der Waals surface area contributed by atoms with E-state index >= 15 is 0 Å². The van der Waals surface area contributed by atoms with Gasteiger partial charge in [-0.05, 0) is 12.7 Å². The second kappa shape index (κ2) is 7.85. The minimum absolute atomic E-state index is 0. The number of carbonyl (C=O) groups is 2. The van der Waals surface area contributed by atoms with Crippen molar-refractivity contribution in [1.29, 1.82) is 0 Å². The van der Waals surface area contributed by atoms with Crippen molar-refractivity contribution >= 4 is 12.1 Å². The molecular formula is C5H7KO2. The Hall–Kier alpha value is 0.846. The fraction of sp³-hybridized carbons (Fsp3) is 0.400. The molecule has 0 saturated carbocycles. The second-order valence-corrected chi connectivity index (χ2v) is 1.22. The Morgan fingerprint density at radius 2 is 2.25 bits per heavy atom. The molecular weight excluding hydrogens is 131 g/mol. The van der Waals surface area contributed by atoms with Crippen molar-refractivity contribution in [2.75, 3.05) is 0 Å². The molecule has 0 aromatic carbocycles. The minimum atomic E-state index is -0.0490. The molecule has 0 aromatic rings. The summed E-state index contributed by atoms with van der Waals surface area (Å²) < 4.78 is 0. The predicted octanol–water partition coefficient (Wildman–Crippen LogP) is -2.63. The van der Waals surface area contributed by atoms with Crippen LogP contribution in [-0.4, -0.2) is 12.1 Å². The first-order valence-corrected chi connectivity index (χ1v) is 2.04. The van der Waals surface area contributed by atoms with Gasteiger partial charge >= 0.3 is 51.4 Å². The summed E-state index contributed by atoms with van der Waals surface area (Å²) in [4.78, 5) is 19.5. The molecule has 2 nitrogen and oxygen atoms in total. The molecule has 0 heterocycles. The van der Waals surface area contributed by atoms with Crippen molar-refractivity contribution in [3.8, 4) is 0 Å². The number of carbonyl (C=O) groups excluding carboxylic acids is 2. The first kappa shape index (κ1) is 11.6. The molecule has 0 fully saturated rings. The van der Waals surface area contributed by atoms with Crippen molar-refractivity contribution in [1.82, 2.24) is 0 Å². The number of rotatable bonds is 3. The van der Waals surface area contributed by atoms with Crippen molar-refractivity contribution in [2.24, 2.45) is 0 Å². The van der Waals surface area contributed by atoms with Crippen LogP contribution in [0, 0.1) is 6.42 Å². The van der Waals surface area contributed by atoms with Crippen LogP contribution < -0.4 is 51.4 Å². The molecule has 0 unspecified atom stereocenters. The molecule has 0 saturated heterocycles. The largest absolute Gasteiger partial charge is 1.00 e. The maximum Gasteiger partial charge on any atom is 1.00 e. The average Bonchev–Trinajstić information content (AvgIpc) is 1.61. The van der Waals surface area contributed by atoms with Gasteiger partial charge in [0.25, 0.3) is 0 Å². The van der Waals surface area contributed by atoms with Gasteiger partial charge in [0, 0.05) is 0 Å². The van der Waals surface area contributed by atoms with Crippen molar-refractivity contribution in [2.45, 2.75) is 13.3 Å². The van der Waals surface area contributed by atoms with Crippen LogP contribution in [0.5, 0.6) is 0 Å². The fourth-order valence-corrected chi connectivity index (χ4v) is 0.214. The van der Waals surface area contributed by atoms with E-state index < -0.39 is 0 Å². The van der Waals surface area contributed by atoms with Gasteiger partial charge in [0.15, 0.2) is 0 Å². The van der Waals surface area contributed by atoms with Crippen molar-refractivity contribution in [3.05, 3.63) is 6.42 Å². The summed E-state index contributed by atoms with van der Waals surface area (Å²) in [6, 6.07) is 0. The molecule has 0 atom stereocenters. The summed E-state index contributed by atoms with van der Waals surface area (Å²) in [7, 11) is 0. The summed E-state index contributed by atoms with van der Waals surface area (Å²) in [6.07, 6.45) is 2.28. The van der Waals surface area contributed by atoms with E-state index in [1.807, 2.05) is 0 Å². The van der Waals surface area contributed by atoms with Gasteiger partial charge in [-0.2, -0.15) is 0 Å². The molecule has 0 spiro atoms. The maximum absolute atomic E-state index is 9.99. The molecule has 0 aliphatic carbocycles. The van der Waals surface area contributed by atoms with Gasteiger partial charge in [0.1, 0.15) is 0 Å². The van der Waals surface area contributed by atoms with Crippen LogP contribution in [-0.2, 0) is 9.59 Å². The van der Waals surface area contributed by atoms with Crippen LogP contribution in [0.4, 0.5) is 0 Å². The van der Waals surface area contributed by atoms with Gasteiger partial charge in [0.2, 0.25) is 0 Å². The van der Waals surface area contributed by atoms with Crippen molar-refractivity contribution in [3.63, 3.8) is 0 Å². The molecule has 3 heteroatoms. The number of aldehydes is 1. The number of hydrogen-bond donors (Lipinski definition) is 0. The average molecular weight is 138 g/mol.